The van der Waals surface area contributed by atoms with E-state index in [4.69, 9.17) is 0 Å². The summed E-state index contributed by atoms with van der Waals surface area (Å²) in [5.74, 6) is 0.587. The second-order valence-electron chi connectivity index (χ2n) is 4.16. The summed E-state index contributed by atoms with van der Waals surface area (Å²) >= 11 is 1.68. The number of rotatable bonds is 4. The van der Waals surface area contributed by atoms with Crippen LogP contribution >= 0.6 is 11.8 Å². The van der Waals surface area contributed by atoms with Crippen LogP contribution in [0.4, 0.5) is 4.39 Å². The lowest BCUT2D eigenvalue weighted by atomic mass is 10.1. The first kappa shape index (κ1) is 13.1. The SMILES string of the molecule is CC(O)c1cccc(SCc2ccc(F)cc2)c1. The van der Waals surface area contributed by atoms with Crippen molar-refractivity contribution in [3.63, 3.8) is 0 Å². The molecule has 1 unspecified atom stereocenters. The highest BCUT2D eigenvalue weighted by molar-refractivity contribution is 7.98. The zero-order valence-corrected chi connectivity index (χ0v) is 11.0. The van der Waals surface area contributed by atoms with Gasteiger partial charge in [-0.1, -0.05) is 24.3 Å². The number of benzene rings is 2. The van der Waals surface area contributed by atoms with Crippen LogP contribution in [0.3, 0.4) is 0 Å². The molecule has 0 radical (unpaired) electrons. The Balaban J connectivity index is 2.01. The smallest absolute Gasteiger partial charge is 0.123 e. The molecule has 0 aliphatic carbocycles. The summed E-state index contributed by atoms with van der Waals surface area (Å²) in [6, 6.07) is 14.4. The van der Waals surface area contributed by atoms with Gasteiger partial charge in [0.15, 0.2) is 0 Å². The average Bonchev–Trinajstić information content (AvgIpc) is 2.38. The summed E-state index contributed by atoms with van der Waals surface area (Å²) < 4.78 is 12.8. The molecule has 0 fully saturated rings. The van der Waals surface area contributed by atoms with Gasteiger partial charge in [-0.05, 0) is 42.3 Å². The van der Waals surface area contributed by atoms with E-state index in [1.807, 2.05) is 24.3 Å². The van der Waals surface area contributed by atoms with E-state index in [2.05, 4.69) is 0 Å². The fourth-order valence-corrected chi connectivity index (χ4v) is 2.53. The fourth-order valence-electron chi connectivity index (χ4n) is 1.61. The van der Waals surface area contributed by atoms with Crippen LogP contribution in [0.5, 0.6) is 0 Å². The van der Waals surface area contributed by atoms with Gasteiger partial charge in [-0.2, -0.15) is 0 Å². The normalized spacial score (nSPS) is 12.4. The first-order valence-corrected chi connectivity index (χ1v) is 6.79. The molecule has 94 valence electrons. The third-order valence-electron chi connectivity index (χ3n) is 2.66. The van der Waals surface area contributed by atoms with Crippen molar-refractivity contribution in [1.82, 2.24) is 0 Å². The second-order valence-corrected chi connectivity index (χ2v) is 5.21. The van der Waals surface area contributed by atoms with Crippen LogP contribution in [0.15, 0.2) is 53.4 Å². The molecule has 0 aliphatic rings. The minimum absolute atomic E-state index is 0.208. The quantitative estimate of drug-likeness (QED) is 0.834. The van der Waals surface area contributed by atoms with E-state index in [0.717, 1.165) is 21.8 Å². The van der Waals surface area contributed by atoms with Crippen molar-refractivity contribution in [3.05, 3.63) is 65.5 Å². The van der Waals surface area contributed by atoms with E-state index in [1.165, 1.54) is 12.1 Å². The molecule has 18 heavy (non-hydrogen) atoms. The topological polar surface area (TPSA) is 20.2 Å². The Labute approximate surface area is 111 Å². The van der Waals surface area contributed by atoms with Crippen LogP contribution in [0.1, 0.15) is 24.2 Å². The molecule has 2 rings (SSSR count). The Morgan fingerprint density at radius 2 is 1.89 bits per heavy atom. The van der Waals surface area contributed by atoms with Gasteiger partial charge >= 0.3 is 0 Å². The Bertz CT molecular complexity index is 508. The minimum atomic E-state index is -0.448. The Morgan fingerprint density at radius 1 is 1.17 bits per heavy atom. The van der Waals surface area contributed by atoms with Crippen molar-refractivity contribution in [3.8, 4) is 0 Å². The predicted octanol–water partition coefficient (Wildman–Crippen LogP) is 4.17. The van der Waals surface area contributed by atoms with Crippen LogP contribution in [0.2, 0.25) is 0 Å². The zero-order chi connectivity index (χ0) is 13.0. The van der Waals surface area contributed by atoms with Crippen molar-refractivity contribution >= 4 is 11.8 Å². The van der Waals surface area contributed by atoms with E-state index in [-0.39, 0.29) is 5.82 Å². The predicted molar refractivity (Wildman–Crippen MR) is 73.0 cm³/mol. The molecule has 0 saturated heterocycles. The minimum Gasteiger partial charge on any atom is -0.389 e. The Kier molecular flexibility index (Phi) is 4.39. The molecule has 1 nitrogen and oxygen atoms in total. The lowest BCUT2D eigenvalue weighted by Crippen LogP contribution is -1.90. The highest BCUT2D eigenvalue weighted by Gasteiger charge is 2.02. The zero-order valence-electron chi connectivity index (χ0n) is 10.1. The van der Waals surface area contributed by atoms with Crippen LogP contribution in [0, 0.1) is 5.82 Å². The highest BCUT2D eigenvalue weighted by atomic mass is 32.2. The summed E-state index contributed by atoms with van der Waals surface area (Å²) in [4.78, 5) is 1.11. The standard InChI is InChI=1S/C15H15FOS/c1-11(17)13-3-2-4-15(9-13)18-10-12-5-7-14(16)8-6-12/h2-9,11,17H,10H2,1H3. The van der Waals surface area contributed by atoms with E-state index in [0.29, 0.717) is 0 Å². The monoisotopic (exact) mass is 262 g/mol. The number of hydrogen-bond donors (Lipinski definition) is 1. The lowest BCUT2D eigenvalue weighted by Gasteiger charge is -2.07. The highest BCUT2D eigenvalue weighted by Crippen LogP contribution is 2.25. The number of aliphatic hydroxyl groups is 1. The molecule has 0 aliphatic heterocycles. The van der Waals surface area contributed by atoms with Gasteiger partial charge in [-0.25, -0.2) is 4.39 Å². The number of thioether (sulfide) groups is 1. The van der Waals surface area contributed by atoms with Gasteiger partial charge in [0.1, 0.15) is 5.82 Å². The Hall–Kier alpha value is -1.32. The molecule has 0 heterocycles. The molecule has 2 aromatic carbocycles. The number of aliphatic hydroxyl groups excluding tert-OH is 1. The van der Waals surface area contributed by atoms with Gasteiger partial charge in [0.05, 0.1) is 6.10 Å². The van der Waals surface area contributed by atoms with Gasteiger partial charge < -0.3 is 5.11 Å². The van der Waals surface area contributed by atoms with E-state index >= 15 is 0 Å². The van der Waals surface area contributed by atoms with Crippen molar-refractivity contribution in [1.29, 1.82) is 0 Å². The first-order valence-electron chi connectivity index (χ1n) is 5.80. The van der Waals surface area contributed by atoms with Crippen molar-refractivity contribution in [2.24, 2.45) is 0 Å². The third-order valence-corrected chi connectivity index (χ3v) is 3.72. The molecule has 0 aromatic heterocycles. The molecule has 0 spiro atoms. The van der Waals surface area contributed by atoms with E-state index in [1.54, 1.807) is 30.8 Å². The van der Waals surface area contributed by atoms with E-state index < -0.39 is 6.10 Å². The lowest BCUT2D eigenvalue weighted by molar-refractivity contribution is 0.199. The molecule has 0 bridgehead atoms. The van der Waals surface area contributed by atoms with Crippen molar-refractivity contribution in [2.45, 2.75) is 23.7 Å². The fraction of sp³-hybridized carbons (Fsp3) is 0.200. The van der Waals surface area contributed by atoms with Gasteiger partial charge in [-0.15, -0.1) is 11.8 Å². The number of halogens is 1. The average molecular weight is 262 g/mol. The maximum absolute atomic E-state index is 12.8. The van der Waals surface area contributed by atoms with Crippen molar-refractivity contribution < 1.29 is 9.50 Å². The molecular formula is C15H15FOS. The summed E-state index contributed by atoms with van der Waals surface area (Å²) in [6.07, 6.45) is -0.448. The van der Waals surface area contributed by atoms with Gasteiger partial charge in [0, 0.05) is 10.6 Å². The summed E-state index contributed by atoms with van der Waals surface area (Å²) in [7, 11) is 0. The molecule has 0 saturated carbocycles. The van der Waals surface area contributed by atoms with Crippen LogP contribution < -0.4 is 0 Å². The molecule has 1 N–H and O–H groups in total. The maximum atomic E-state index is 12.8. The maximum Gasteiger partial charge on any atom is 0.123 e. The molecular weight excluding hydrogens is 247 g/mol. The van der Waals surface area contributed by atoms with Crippen LogP contribution in [-0.2, 0) is 5.75 Å². The summed E-state index contributed by atoms with van der Waals surface area (Å²) in [6.45, 7) is 1.75. The third kappa shape index (κ3) is 3.59. The molecule has 2 aromatic rings. The van der Waals surface area contributed by atoms with Crippen molar-refractivity contribution in [2.75, 3.05) is 0 Å². The largest absolute Gasteiger partial charge is 0.389 e. The molecule has 1 atom stereocenters. The summed E-state index contributed by atoms with van der Waals surface area (Å²) in [5, 5.41) is 9.51. The number of hydrogen-bond acceptors (Lipinski definition) is 2. The van der Waals surface area contributed by atoms with Gasteiger partial charge in [0.25, 0.3) is 0 Å². The molecule has 0 amide bonds. The second kappa shape index (κ2) is 6.03. The summed E-state index contributed by atoms with van der Waals surface area (Å²) in [5.41, 5.74) is 2.00. The van der Waals surface area contributed by atoms with Crippen LogP contribution in [0.25, 0.3) is 0 Å². The van der Waals surface area contributed by atoms with Gasteiger partial charge in [0.2, 0.25) is 0 Å². The molecule has 3 heteroatoms. The Morgan fingerprint density at radius 3 is 2.56 bits per heavy atom. The first-order chi connectivity index (χ1) is 8.65. The van der Waals surface area contributed by atoms with Crippen LogP contribution in [-0.4, -0.2) is 5.11 Å². The van der Waals surface area contributed by atoms with Gasteiger partial charge in [-0.3, -0.25) is 0 Å². The van der Waals surface area contributed by atoms with E-state index in [9.17, 15) is 9.50 Å².